The third-order valence-corrected chi connectivity index (χ3v) is 9.08. The highest BCUT2D eigenvalue weighted by Gasteiger charge is 2.40. The van der Waals surface area contributed by atoms with Crippen LogP contribution in [0.4, 0.5) is 13.2 Å². The van der Waals surface area contributed by atoms with E-state index in [1.165, 1.54) is 6.07 Å². The molecule has 0 atom stereocenters. The highest BCUT2D eigenvalue weighted by Crippen LogP contribution is 2.30. The van der Waals surface area contributed by atoms with E-state index in [0.717, 1.165) is 47.9 Å². The molecule has 7 rings (SSSR count). The number of carbonyl (C=O) groups is 2. The Morgan fingerprint density at radius 3 is 2.54 bits per heavy atom. The molecular weight excluding hydrogens is 627 g/mol. The SMILES string of the molecule is O=C(NCC(=O)N1CCC(F)(F)C1)c1ccc2c(c1)nc(CN1CCC(c3cccc(OCc4ccccc4F)n3)CC1)n2N1CCO1. The number of aromatic nitrogens is 3. The molecule has 3 aliphatic rings. The van der Waals surface area contributed by atoms with Crippen molar-refractivity contribution >= 4 is 22.8 Å². The lowest BCUT2D eigenvalue weighted by Gasteiger charge is -2.35. The van der Waals surface area contributed by atoms with Gasteiger partial charge in [0.2, 0.25) is 11.8 Å². The number of piperidine rings is 1. The second-order valence-electron chi connectivity index (χ2n) is 12.4. The van der Waals surface area contributed by atoms with Gasteiger partial charge in [0.05, 0.1) is 43.8 Å². The maximum absolute atomic E-state index is 14.0. The molecule has 2 aromatic carbocycles. The Hall–Kier alpha value is -4.69. The number of alkyl halides is 2. The van der Waals surface area contributed by atoms with Gasteiger partial charge in [0.25, 0.3) is 11.8 Å². The molecule has 0 saturated carbocycles. The van der Waals surface area contributed by atoms with E-state index in [9.17, 15) is 22.8 Å². The van der Waals surface area contributed by atoms with Crippen molar-refractivity contribution in [1.82, 2.24) is 29.8 Å². The number of rotatable bonds is 10. The molecule has 2 amide bonds. The fraction of sp³-hybridized carbons (Fsp3) is 0.412. The van der Waals surface area contributed by atoms with Gasteiger partial charge in [-0.25, -0.2) is 27.8 Å². The van der Waals surface area contributed by atoms with Gasteiger partial charge in [-0.1, -0.05) is 24.3 Å². The Morgan fingerprint density at radius 2 is 1.81 bits per heavy atom. The van der Waals surface area contributed by atoms with Crippen LogP contribution in [0.2, 0.25) is 0 Å². The van der Waals surface area contributed by atoms with Crippen LogP contribution in [-0.4, -0.2) is 88.1 Å². The first-order valence-electron chi connectivity index (χ1n) is 16.1. The van der Waals surface area contributed by atoms with Crippen molar-refractivity contribution in [2.75, 3.05) is 51.0 Å². The van der Waals surface area contributed by atoms with Crippen molar-refractivity contribution in [1.29, 1.82) is 0 Å². The number of pyridine rings is 1. The molecule has 1 N–H and O–H groups in total. The topological polar surface area (TPSA) is 105 Å². The summed E-state index contributed by atoms with van der Waals surface area (Å²) >= 11 is 0. The van der Waals surface area contributed by atoms with Crippen LogP contribution in [0.25, 0.3) is 11.0 Å². The molecule has 2 aromatic heterocycles. The van der Waals surface area contributed by atoms with Gasteiger partial charge >= 0.3 is 0 Å². The average molecular weight is 664 g/mol. The number of imidazole rings is 1. The van der Waals surface area contributed by atoms with E-state index in [0.29, 0.717) is 42.2 Å². The molecule has 0 aliphatic carbocycles. The smallest absolute Gasteiger partial charge is 0.267 e. The van der Waals surface area contributed by atoms with E-state index in [1.54, 1.807) is 47.6 Å². The molecule has 48 heavy (non-hydrogen) atoms. The summed E-state index contributed by atoms with van der Waals surface area (Å²) < 4.78 is 48.7. The zero-order valence-corrected chi connectivity index (χ0v) is 26.3. The number of likely N-dealkylation sites (tertiary alicyclic amines) is 2. The molecular formula is C34H36F3N7O4. The molecule has 3 fully saturated rings. The summed E-state index contributed by atoms with van der Waals surface area (Å²) in [6.45, 7) is 2.60. The Morgan fingerprint density at radius 1 is 1.00 bits per heavy atom. The number of hydroxylamine groups is 1. The second kappa shape index (κ2) is 13.4. The van der Waals surface area contributed by atoms with E-state index in [2.05, 4.69) is 10.2 Å². The van der Waals surface area contributed by atoms with Gasteiger partial charge < -0.3 is 15.0 Å². The maximum Gasteiger partial charge on any atom is 0.267 e. The first-order valence-corrected chi connectivity index (χ1v) is 16.1. The first kappa shape index (κ1) is 31.9. The Bertz CT molecular complexity index is 1810. The van der Waals surface area contributed by atoms with Gasteiger partial charge in [-0.15, -0.1) is 0 Å². The van der Waals surface area contributed by atoms with Crippen LogP contribution in [0.5, 0.6) is 5.88 Å². The van der Waals surface area contributed by atoms with E-state index in [-0.39, 0.29) is 37.9 Å². The lowest BCUT2D eigenvalue weighted by molar-refractivity contribution is -0.130. The molecule has 0 radical (unpaired) electrons. The molecule has 252 valence electrons. The normalized spacial score (nSPS) is 18.2. The minimum absolute atomic E-state index is 0.0262. The molecule has 14 heteroatoms. The Labute approximate surface area is 275 Å². The van der Waals surface area contributed by atoms with Gasteiger partial charge in [-0.05, 0) is 56.3 Å². The van der Waals surface area contributed by atoms with Crippen LogP contribution in [0, 0.1) is 5.82 Å². The average Bonchev–Trinajstić information content (AvgIpc) is 3.61. The van der Waals surface area contributed by atoms with Gasteiger partial charge in [0.15, 0.2) is 0 Å². The Kier molecular flexibility index (Phi) is 8.92. The summed E-state index contributed by atoms with van der Waals surface area (Å²) in [5, 5.41) is 4.30. The molecule has 3 saturated heterocycles. The minimum Gasteiger partial charge on any atom is -0.473 e. The van der Waals surface area contributed by atoms with Crippen molar-refractivity contribution in [3.05, 3.63) is 89.1 Å². The van der Waals surface area contributed by atoms with Crippen LogP contribution < -0.4 is 15.2 Å². The number of nitrogens with one attached hydrogen (secondary N) is 1. The third kappa shape index (κ3) is 6.95. The zero-order chi connectivity index (χ0) is 33.3. The molecule has 4 aromatic rings. The molecule has 0 spiro atoms. The van der Waals surface area contributed by atoms with Gasteiger partial charge in [-0.3, -0.25) is 19.3 Å². The Balaban J connectivity index is 0.978. The van der Waals surface area contributed by atoms with E-state index in [1.807, 2.05) is 16.8 Å². The number of carbonyl (C=O) groups excluding carboxylic acids is 2. The molecule has 11 nitrogen and oxygen atoms in total. The maximum atomic E-state index is 14.0. The van der Waals surface area contributed by atoms with E-state index in [4.69, 9.17) is 19.5 Å². The first-order chi connectivity index (χ1) is 23.2. The van der Waals surface area contributed by atoms with Crippen molar-refractivity contribution in [3.63, 3.8) is 0 Å². The summed E-state index contributed by atoms with van der Waals surface area (Å²) in [6, 6.07) is 17.4. The third-order valence-electron chi connectivity index (χ3n) is 9.08. The van der Waals surface area contributed by atoms with Gasteiger partial charge in [0, 0.05) is 41.8 Å². The monoisotopic (exact) mass is 663 g/mol. The number of amides is 2. The van der Waals surface area contributed by atoms with Crippen molar-refractivity contribution in [2.45, 2.75) is 44.3 Å². The van der Waals surface area contributed by atoms with Crippen LogP contribution in [0.15, 0.2) is 60.7 Å². The van der Waals surface area contributed by atoms with Gasteiger partial charge in [0.1, 0.15) is 18.2 Å². The second-order valence-corrected chi connectivity index (χ2v) is 12.4. The van der Waals surface area contributed by atoms with E-state index < -0.39 is 24.3 Å². The van der Waals surface area contributed by atoms with Crippen LogP contribution in [0.1, 0.15) is 52.6 Å². The minimum atomic E-state index is -2.89. The van der Waals surface area contributed by atoms with Crippen LogP contribution >= 0.6 is 0 Å². The predicted octanol–water partition coefficient (Wildman–Crippen LogP) is 4.01. The molecule has 0 unspecified atom stereocenters. The lowest BCUT2D eigenvalue weighted by atomic mass is 9.93. The van der Waals surface area contributed by atoms with Crippen molar-refractivity contribution < 1.29 is 32.3 Å². The number of ether oxygens (including phenoxy) is 1. The summed E-state index contributed by atoms with van der Waals surface area (Å²) in [5.74, 6) is -2.72. The summed E-state index contributed by atoms with van der Waals surface area (Å²) in [5.41, 5.74) is 3.13. The summed E-state index contributed by atoms with van der Waals surface area (Å²) in [7, 11) is 0. The summed E-state index contributed by atoms with van der Waals surface area (Å²) in [4.78, 5) is 43.9. The predicted molar refractivity (Wildman–Crippen MR) is 169 cm³/mol. The number of halogens is 3. The van der Waals surface area contributed by atoms with Crippen molar-refractivity contribution in [2.24, 2.45) is 0 Å². The number of fused-ring (bicyclic) bond motifs is 1. The molecule has 3 aliphatic heterocycles. The fourth-order valence-corrected chi connectivity index (χ4v) is 6.35. The highest BCUT2D eigenvalue weighted by atomic mass is 19.3. The highest BCUT2D eigenvalue weighted by molar-refractivity contribution is 5.99. The largest absolute Gasteiger partial charge is 0.473 e. The number of hydrogen-bond acceptors (Lipinski definition) is 8. The number of benzene rings is 2. The van der Waals surface area contributed by atoms with Crippen LogP contribution in [0.3, 0.4) is 0 Å². The summed E-state index contributed by atoms with van der Waals surface area (Å²) in [6.07, 6.45) is 1.41. The lowest BCUT2D eigenvalue weighted by Crippen LogP contribution is -2.48. The standard InChI is InChI=1S/C34H36F3N7O4/c35-26-5-2-1-4-25(26)21-47-31-7-3-6-27(40-31)23-10-13-41(14-11-23)20-30-39-28-18-24(8-9-29(28)44(30)43-16-17-48-43)33(46)38-19-32(45)42-15-12-34(36,37)22-42/h1-9,18,23H,10-17,19-22H2,(H,38,46). The quantitative estimate of drug-likeness (QED) is 0.272. The number of nitrogens with zero attached hydrogens (tertiary/aromatic N) is 6. The number of hydrogen-bond donors (Lipinski definition) is 1. The molecule has 0 bridgehead atoms. The molecule has 5 heterocycles. The zero-order valence-electron chi connectivity index (χ0n) is 26.3. The van der Waals surface area contributed by atoms with E-state index >= 15 is 0 Å². The fourth-order valence-electron chi connectivity index (χ4n) is 6.35. The van der Waals surface area contributed by atoms with Crippen molar-refractivity contribution in [3.8, 4) is 5.88 Å². The van der Waals surface area contributed by atoms with Gasteiger partial charge in [-0.2, -0.15) is 5.17 Å². The van der Waals surface area contributed by atoms with Crippen LogP contribution in [-0.2, 0) is 22.8 Å².